The Morgan fingerprint density at radius 1 is 1.32 bits per heavy atom. The number of halogens is 1. The van der Waals surface area contributed by atoms with E-state index in [0.29, 0.717) is 36.9 Å². The molecule has 0 aromatic heterocycles. The maximum Gasteiger partial charge on any atom is 0.252 e. The minimum absolute atomic E-state index is 0.0844. The fraction of sp³-hybridized carbons (Fsp3) is 0.500. The Bertz CT molecular complexity index is 678. The van der Waals surface area contributed by atoms with Crippen molar-refractivity contribution in [2.75, 3.05) is 19.7 Å². The lowest BCUT2D eigenvalue weighted by Crippen LogP contribution is -2.35. The molecule has 5 heteroatoms. The lowest BCUT2D eigenvalue weighted by atomic mass is 10.1. The minimum atomic E-state index is -0.287. The minimum Gasteiger partial charge on any atom is -0.376 e. The second kappa shape index (κ2) is 8.39. The number of ether oxygens (including phenoxy) is 1. The molecule has 25 heavy (non-hydrogen) atoms. The van der Waals surface area contributed by atoms with Crippen LogP contribution in [-0.2, 0) is 16.1 Å². The first kappa shape index (κ1) is 17.8. The fourth-order valence-electron chi connectivity index (χ4n) is 3.36. The van der Waals surface area contributed by atoms with Crippen molar-refractivity contribution in [1.29, 1.82) is 0 Å². The van der Waals surface area contributed by atoms with Gasteiger partial charge in [-0.3, -0.25) is 9.79 Å². The average molecular weight is 344 g/mol. The van der Waals surface area contributed by atoms with E-state index >= 15 is 0 Å². The number of hydrogen-bond donors (Lipinski definition) is 0. The summed E-state index contributed by atoms with van der Waals surface area (Å²) < 4.78 is 19.9. The predicted octanol–water partition coefficient (Wildman–Crippen LogP) is 3.51. The summed E-state index contributed by atoms with van der Waals surface area (Å²) in [5.41, 5.74) is 2.04. The van der Waals surface area contributed by atoms with Gasteiger partial charge in [0, 0.05) is 29.9 Å². The van der Waals surface area contributed by atoms with Gasteiger partial charge in [0.25, 0.3) is 5.91 Å². The number of allylic oxidation sites excluding steroid dienone is 1. The molecule has 1 aliphatic heterocycles. The van der Waals surface area contributed by atoms with E-state index in [-0.39, 0.29) is 18.3 Å². The fourth-order valence-corrected chi connectivity index (χ4v) is 3.36. The second-order valence-electron chi connectivity index (χ2n) is 6.72. The van der Waals surface area contributed by atoms with E-state index in [2.05, 4.69) is 4.99 Å². The van der Waals surface area contributed by atoms with Gasteiger partial charge in [0.1, 0.15) is 5.82 Å². The molecule has 1 aliphatic carbocycles. The summed E-state index contributed by atoms with van der Waals surface area (Å²) in [4.78, 5) is 18.8. The summed E-state index contributed by atoms with van der Waals surface area (Å²) in [5, 5.41) is 0. The van der Waals surface area contributed by atoms with Crippen LogP contribution >= 0.6 is 0 Å². The number of carbonyl (C=O) groups excluding carboxylic acids is 1. The van der Waals surface area contributed by atoms with Crippen molar-refractivity contribution in [3.63, 3.8) is 0 Å². The van der Waals surface area contributed by atoms with Crippen molar-refractivity contribution < 1.29 is 13.9 Å². The van der Waals surface area contributed by atoms with Gasteiger partial charge in [-0.05, 0) is 31.9 Å². The molecule has 0 bridgehead atoms. The number of amides is 1. The maximum absolute atomic E-state index is 14.0. The third-order valence-corrected chi connectivity index (χ3v) is 4.78. The van der Waals surface area contributed by atoms with Gasteiger partial charge in [-0.2, -0.15) is 0 Å². The smallest absolute Gasteiger partial charge is 0.252 e. The van der Waals surface area contributed by atoms with E-state index in [1.54, 1.807) is 23.1 Å². The Morgan fingerprint density at radius 3 is 2.76 bits per heavy atom. The number of rotatable bonds is 7. The molecule has 0 spiro atoms. The highest BCUT2D eigenvalue weighted by atomic mass is 19.1. The van der Waals surface area contributed by atoms with Gasteiger partial charge in [-0.15, -0.1) is 0 Å². The highest BCUT2D eigenvalue weighted by Crippen LogP contribution is 2.21. The monoisotopic (exact) mass is 344 g/mol. The number of carbonyl (C=O) groups is 1. The van der Waals surface area contributed by atoms with E-state index in [4.69, 9.17) is 4.74 Å². The molecule has 0 radical (unpaired) electrons. The lowest BCUT2D eigenvalue weighted by molar-refractivity contribution is -0.128. The molecule has 1 amide bonds. The van der Waals surface area contributed by atoms with Crippen LogP contribution in [0, 0.1) is 5.82 Å². The van der Waals surface area contributed by atoms with Crippen LogP contribution < -0.4 is 0 Å². The van der Waals surface area contributed by atoms with Crippen LogP contribution in [0.5, 0.6) is 0 Å². The summed E-state index contributed by atoms with van der Waals surface area (Å²) in [6.07, 6.45) is 6.74. The summed E-state index contributed by atoms with van der Waals surface area (Å²) in [6, 6.07) is 6.59. The van der Waals surface area contributed by atoms with Gasteiger partial charge in [0.2, 0.25) is 0 Å². The van der Waals surface area contributed by atoms with E-state index < -0.39 is 0 Å². The van der Waals surface area contributed by atoms with Gasteiger partial charge in [-0.25, -0.2) is 4.39 Å². The Labute approximate surface area is 148 Å². The summed E-state index contributed by atoms with van der Waals surface area (Å²) in [7, 11) is 0. The first-order valence-corrected chi connectivity index (χ1v) is 8.99. The molecule has 134 valence electrons. The SMILES string of the molecule is CC1=NCC(C(=O)N(CCOC2CCCC2)Cc2ccccc2F)=C1. The number of benzene rings is 1. The van der Waals surface area contributed by atoms with E-state index in [9.17, 15) is 9.18 Å². The molecule has 1 saturated carbocycles. The Kier molecular flexibility index (Phi) is 5.97. The highest BCUT2D eigenvalue weighted by Gasteiger charge is 2.22. The van der Waals surface area contributed by atoms with E-state index in [1.807, 2.05) is 13.0 Å². The Balaban J connectivity index is 1.65. The molecular formula is C20H25FN2O2. The molecule has 0 N–H and O–H groups in total. The average Bonchev–Trinajstić information content (AvgIpc) is 3.27. The van der Waals surface area contributed by atoms with Gasteiger partial charge >= 0.3 is 0 Å². The highest BCUT2D eigenvalue weighted by molar-refractivity contribution is 6.06. The third kappa shape index (κ3) is 4.75. The molecule has 0 saturated heterocycles. The molecule has 4 nitrogen and oxygen atoms in total. The number of hydrogen-bond acceptors (Lipinski definition) is 3. The molecule has 1 fully saturated rings. The van der Waals surface area contributed by atoms with Crippen LogP contribution in [0.3, 0.4) is 0 Å². The Hall–Kier alpha value is -2.01. The van der Waals surface area contributed by atoms with Crippen LogP contribution in [0.15, 0.2) is 40.9 Å². The summed E-state index contributed by atoms with van der Waals surface area (Å²) in [6.45, 7) is 3.47. The molecule has 2 aliphatic rings. The van der Waals surface area contributed by atoms with Crippen molar-refractivity contribution in [1.82, 2.24) is 4.90 Å². The van der Waals surface area contributed by atoms with Gasteiger partial charge in [-0.1, -0.05) is 31.0 Å². The van der Waals surface area contributed by atoms with Gasteiger partial charge < -0.3 is 9.64 Å². The van der Waals surface area contributed by atoms with Crippen LogP contribution in [-0.4, -0.2) is 42.3 Å². The van der Waals surface area contributed by atoms with Crippen LogP contribution in [0.1, 0.15) is 38.2 Å². The van der Waals surface area contributed by atoms with E-state index in [0.717, 1.165) is 18.6 Å². The van der Waals surface area contributed by atoms with Gasteiger partial charge in [0.15, 0.2) is 0 Å². The molecule has 0 atom stereocenters. The first-order valence-electron chi connectivity index (χ1n) is 8.99. The quantitative estimate of drug-likeness (QED) is 0.759. The first-order chi connectivity index (χ1) is 12.1. The van der Waals surface area contributed by atoms with Gasteiger partial charge in [0.05, 0.1) is 19.3 Å². The standard InChI is InChI=1S/C20H25FN2O2/c1-15-12-17(13-22-15)20(24)23(10-11-25-18-7-3-4-8-18)14-16-6-2-5-9-19(16)21/h2,5-6,9,12,18H,3-4,7-8,10-11,13-14H2,1H3. The molecule has 1 heterocycles. The largest absolute Gasteiger partial charge is 0.376 e. The second-order valence-corrected chi connectivity index (χ2v) is 6.72. The zero-order valence-electron chi connectivity index (χ0n) is 14.7. The number of nitrogens with zero attached hydrogens (tertiary/aromatic N) is 2. The molecule has 0 unspecified atom stereocenters. The lowest BCUT2D eigenvalue weighted by Gasteiger charge is -2.24. The topological polar surface area (TPSA) is 41.9 Å². The predicted molar refractivity (Wildman–Crippen MR) is 96.1 cm³/mol. The molecule has 1 aromatic rings. The van der Waals surface area contributed by atoms with E-state index in [1.165, 1.54) is 18.9 Å². The summed E-state index contributed by atoms with van der Waals surface area (Å²) >= 11 is 0. The van der Waals surface area contributed by atoms with Crippen molar-refractivity contribution in [2.45, 2.75) is 45.3 Å². The maximum atomic E-state index is 14.0. The third-order valence-electron chi connectivity index (χ3n) is 4.78. The van der Waals surface area contributed by atoms with Crippen LogP contribution in [0.25, 0.3) is 0 Å². The number of aliphatic imine (C=N–C) groups is 1. The van der Waals surface area contributed by atoms with Crippen molar-refractivity contribution >= 4 is 11.6 Å². The van der Waals surface area contributed by atoms with Crippen molar-refractivity contribution in [3.8, 4) is 0 Å². The van der Waals surface area contributed by atoms with Crippen LogP contribution in [0.4, 0.5) is 4.39 Å². The molecule has 1 aromatic carbocycles. The van der Waals surface area contributed by atoms with Crippen LogP contribution in [0.2, 0.25) is 0 Å². The van der Waals surface area contributed by atoms with Crippen molar-refractivity contribution in [2.24, 2.45) is 4.99 Å². The Morgan fingerprint density at radius 2 is 2.08 bits per heavy atom. The zero-order valence-corrected chi connectivity index (χ0v) is 14.7. The molecule has 3 rings (SSSR count). The normalized spacial score (nSPS) is 17.5. The van der Waals surface area contributed by atoms with Crippen molar-refractivity contribution in [3.05, 3.63) is 47.3 Å². The molecular weight excluding hydrogens is 319 g/mol. The summed E-state index contributed by atoms with van der Waals surface area (Å²) in [5.74, 6) is -0.372. The zero-order chi connectivity index (χ0) is 17.6.